The molecule has 0 spiro atoms. The molecule has 1 aromatic heterocycles. The van der Waals surface area contributed by atoms with E-state index in [1.54, 1.807) is 0 Å². The van der Waals surface area contributed by atoms with Crippen molar-refractivity contribution < 1.29 is 0 Å². The number of aliphatic imine (C=N–C) groups is 1. The minimum Gasteiger partial charge on any atom is -0.365 e. The molecule has 1 unspecified atom stereocenters. The van der Waals surface area contributed by atoms with E-state index in [4.69, 9.17) is 11.6 Å². The summed E-state index contributed by atoms with van der Waals surface area (Å²) in [7, 11) is 0. The average Bonchev–Trinajstić information content (AvgIpc) is 3.14. The second-order valence-electron chi connectivity index (χ2n) is 5.98. The van der Waals surface area contributed by atoms with Crippen LogP contribution in [0.5, 0.6) is 0 Å². The number of halogens is 1. The fourth-order valence-corrected chi connectivity index (χ4v) is 3.34. The van der Waals surface area contributed by atoms with Crippen LogP contribution >= 0.6 is 11.6 Å². The van der Waals surface area contributed by atoms with Gasteiger partial charge in [0, 0.05) is 34.2 Å². The molecule has 3 aromatic rings. The average molecular weight is 324 g/mol. The predicted octanol–water partition coefficient (Wildman–Crippen LogP) is 4.41. The van der Waals surface area contributed by atoms with E-state index in [-0.39, 0.29) is 6.04 Å². The number of fused-ring (bicyclic) bond motifs is 1. The van der Waals surface area contributed by atoms with Gasteiger partial charge < -0.3 is 9.88 Å². The third-order valence-corrected chi connectivity index (χ3v) is 4.61. The van der Waals surface area contributed by atoms with Gasteiger partial charge in [-0.15, -0.1) is 0 Å². The lowest BCUT2D eigenvalue weighted by molar-refractivity contribution is 0.706. The molecule has 1 aliphatic rings. The van der Waals surface area contributed by atoms with Crippen LogP contribution in [0.3, 0.4) is 0 Å². The van der Waals surface area contributed by atoms with Crippen LogP contribution in [0.4, 0.5) is 0 Å². The van der Waals surface area contributed by atoms with Crippen molar-refractivity contribution in [3.05, 3.63) is 70.9 Å². The van der Waals surface area contributed by atoms with Crippen LogP contribution in [0.15, 0.2) is 59.7 Å². The van der Waals surface area contributed by atoms with Crippen LogP contribution in [-0.2, 0) is 6.54 Å². The number of rotatable bonds is 3. The normalized spacial score (nSPS) is 17.3. The first-order valence-corrected chi connectivity index (χ1v) is 8.18. The zero-order valence-electron chi connectivity index (χ0n) is 13.0. The van der Waals surface area contributed by atoms with Crippen LogP contribution in [0.25, 0.3) is 10.9 Å². The van der Waals surface area contributed by atoms with Crippen molar-refractivity contribution >= 4 is 28.3 Å². The van der Waals surface area contributed by atoms with Crippen molar-refractivity contribution in [1.29, 1.82) is 0 Å². The largest absolute Gasteiger partial charge is 0.365 e. The molecule has 2 aromatic carbocycles. The first-order valence-electron chi connectivity index (χ1n) is 7.80. The lowest BCUT2D eigenvalue weighted by Gasteiger charge is -2.09. The summed E-state index contributed by atoms with van der Waals surface area (Å²) in [6.07, 6.45) is 2.26. The molecule has 1 N–H and O–H groups in total. The maximum Gasteiger partial charge on any atom is 0.0938 e. The SMILES string of the molecule is CC1=NCC(c2cn(Cc3ccc(Cl)cc3)c3ccccc23)N1. The Balaban J connectivity index is 1.73. The quantitative estimate of drug-likeness (QED) is 0.760. The van der Waals surface area contributed by atoms with Gasteiger partial charge in [0.1, 0.15) is 0 Å². The Kier molecular flexibility index (Phi) is 3.58. The summed E-state index contributed by atoms with van der Waals surface area (Å²) < 4.78 is 2.31. The van der Waals surface area contributed by atoms with E-state index in [0.29, 0.717) is 0 Å². The molecule has 23 heavy (non-hydrogen) atoms. The summed E-state index contributed by atoms with van der Waals surface area (Å²) in [5.41, 5.74) is 3.81. The Morgan fingerprint density at radius 2 is 1.96 bits per heavy atom. The Labute approximate surface area is 140 Å². The molecule has 116 valence electrons. The Morgan fingerprint density at radius 3 is 2.70 bits per heavy atom. The first-order chi connectivity index (χ1) is 11.2. The molecule has 3 nitrogen and oxygen atoms in total. The highest BCUT2D eigenvalue weighted by Crippen LogP contribution is 2.29. The van der Waals surface area contributed by atoms with Gasteiger partial charge in [0.25, 0.3) is 0 Å². The lowest BCUT2D eigenvalue weighted by Crippen LogP contribution is -2.20. The van der Waals surface area contributed by atoms with Gasteiger partial charge in [-0.3, -0.25) is 4.99 Å². The Bertz CT molecular complexity index is 877. The van der Waals surface area contributed by atoms with E-state index in [1.807, 2.05) is 19.1 Å². The van der Waals surface area contributed by atoms with E-state index in [0.717, 1.165) is 23.9 Å². The maximum absolute atomic E-state index is 5.99. The Morgan fingerprint density at radius 1 is 1.17 bits per heavy atom. The molecule has 0 fully saturated rings. The van der Waals surface area contributed by atoms with Crippen LogP contribution in [0.2, 0.25) is 5.02 Å². The number of hydrogen-bond donors (Lipinski definition) is 1. The molecular formula is C19H18ClN3. The van der Waals surface area contributed by atoms with Crippen LogP contribution < -0.4 is 5.32 Å². The van der Waals surface area contributed by atoms with Gasteiger partial charge in [0.05, 0.1) is 18.4 Å². The summed E-state index contributed by atoms with van der Waals surface area (Å²) in [6.45, 7) is 3.66. The van der Waals surface area contributed by atoms with Crippen LogP contribution in [-0.4, -0.2) is 16.9 Å². The minimum absolute atomic E-state index is 0.270. The summed E-state index contributed by atoms with van der Waals surface area (Å²) in [6, 6.07) is 16.9. The highest BCUT2D eigenvalue weighted by molar-refractivity contribution is 6.30. The van der Waals surface area contributed by atoms with Gasteiger partial charge in [0.15, 0.2) is 0 Å². The molecular weight excluding hydrogens is 306 g/mol. The molecule has 0 amide bonds. The number of para-hydroxylation sites is 1. The standard InChI is InChI=1S/C19H18ClN3/c1-13-21-10-18(22-13)17-12-23(19-5-3-2-4-16(17)19)11-14-6-8-15(20)9-7-14/h2-9,12,18H,10-11H2,1H3,(H,21,22). The van der Waals surface area contributed by atoms with Crippen LogP contribution in [0.1, 0.15) is 24.1 Å². The summed E-state index contributed by atoms with van der Waals surface area (Å²) >= 11 is 5.99. The van der Waals surface area contributed by atoms with Gasteiger partial charge in [-0.05, 0) is 30.7 Å². The number of amidine groups is 1. The van der Waals surface area contributed by atoms with Crippen molar-refractivity contribution in [1.82, 2.24) is 9.88 Å². The third-order valence-electron chi connectivity index (χ3n) is 4.36. The molecule has 4 rings (SSSR count). The topological polar surface area (TPSA) is 29.3 Å². The van der Waals surface area contributed by atoms with E-state index in [1.165, 1.54) is 22.0 Å². The van der Waals surface area contributed by atoms with E-state index < -0.39 is 0 Å². The van der Waals surface area contributed by atoms with Gasteiger partial charge >= 0.3 is 0 Å². The first kappa shape index (κ1) is 14.3. The molecule has 0 saturated heterocycles. The zero-order chi connectivity index (χ0) is 15.8. The number of hydrogen-bond acceptors (Lipinski definition) is 2. The molecule has 0 saturated carbocycles. The molecule has 2 heterocycles. The second kappa shape index (κ2) is 5.74. The molecule has 0 radical (unpaired) electrons. The van der Waals surface area contributed by atoms with Gasteiger partial charge in [-0.1, -0.05) is 41.9 Å². The van der Waals surface area contributed by atoms with Gasteiger partial charge in [0.2, 0.25) is 0 Å². The van der Waals surface area contributed by atoms with Crippen LogP contribution in [0, 0.1) is 0 Å². The zero-order valence-corrected chi connectivity index (χ0v) is 13.7. The predicted molar refractivity (Wildman–Crippen MR) is 96.3 cm³/mol. The Hall–Kier alpha value is -2.26. The smallest absolute Gasteiger partial charge is 0.0938 e. The van der Waals surface area contributed by atoms with Gasteiger partial charge in [-0.2, -0.15) is 0 Å². The summed E-state index contributed by atoms with van der Waals surface area (Å²) in [4.78, 5) is 4.49. The monoisotopic (exact) mass is 323 g/mol. The number of aromatic nitrogens is 1. The fraction of sp³-hybridized carbons (Fsp3) is 0.211. The second-order valence-corrected chi connectivity index (χ2v) is 6.42. The van der Waals surface area contributed by atoms with Crippen molar-refractivity contribution in [3.8, 4) is 0 Å². The van der Waals surface area contributed by atoms with Crippen molar-refractivity contribution in [2.24, 2.45) is 4.99 Å². The summed E-state index contributed by atoms with van der Waals surface area (Å²) in [5, 5.41) is 5.53. The van der Waals surface area contributed by atoms with E-state index >= 15 is 0 Å². The van der Waals surface area contributed by atoms with Crippen molar-refractivity contribution in [2.75, 3.05) is 6.54 Å². The van der Waals surface area contributed by atoms with Crippen molar-refractivity contribution in [2.45, 2.75) is 19.5 Å². The number of nitrogens with zero attached hydrogens (tertiary/aromatic N) is 2. The van der Waals surface area contributed by atoms with Gasteiger partial charge in [-0.25, -0.2) is 0 Å². The highest BCUT2D eigenvalue weighted by Gasteiger charge is 2.21. The molecule has 0 aliphatic carbocycles. The van der Waals surface area contributed by atoms with Crippen molar-refractivity contribution in [3.63, 3.8) is 0 Å². The number of nitrogens with one attached hydrogen (secondary N) is 1. The highest BCUT2D eigenvalue weighted by atomic mass is 35.5. The number of benzene rings is 2. The molecule has 0 bridgehead atoms. The van der Waals surface area contributed by atoms with E-state index in [9.17, 15) is 0 Å². The molecule has 4 heteroatoms. The third kappa shape index (κ3) is 2.73. The minimum atomic E-state index is 0.270. The summed E-state index contributed by atoms with van der Waals surface area (Å²) in [5.74, 6) is 1.02. The maximum atomic E-state index is 5.99. The lowest BCUT2D eigenvalue weighted by atomic mass is 10.1. The van der Waals surface area contributed by atoms with E-state index in [2.05, 4.69) is 57.5 Å². The molecule has 1 atom stereocenters. The fourth-order valence-electron chi connectivity index (χ4n) is 3.22. The molecule has 1 aliphatic heterocycles.